The zero-order valence-corrected chi connectivity index (χ0v) is 11.6. The Hall–Kier alpha value is -1.84. The fourth-order valence-corrected chi connectivity index (χ4v) is 2.56. The Morgan fingerprint density at radius 3 is 2.75 bits per heavy atom. The van der Waals surface area contributed by atoms with Gasteiger partial charge in [-0.15, -0.1) is 0 Å². The summed E-state index contributed by atoms with van der Waals surface area (Å²) in [4.78, 5) is 11.9. The van der Waals surface area contributed by atoms with E-state index in [0.29, 0.717) is 25.5 Å². The van der Waals surface area contributed by atoms with Crippen molar-refractivity contribution in [2.24, 2.45) is 11.0 Å². The minimum atomic E-state index is 0.145. The van der Waals surface area contributed by atoms with Crippen molar-refractivity contribution < 1.29 is 9.53 Å². The maximum atomic E-state index is 11.9. The molecule has 0 spiro atoms. The lowest BCUT2D eigenvalue weighted by Crippen LogP contribution is -2.23. The van der Waals surface area contributed by atoms with E-state index in [-0.39, 0.29) is 5.91 Å². The molecule has 0 saturated heterocycles. The Bertz CT molecular complexity index is 494. The molecule has 1 aromatic carbocycles. The van der Waals surface area contributed by atoms with Crippen molar-refractivity contribution >= 4 is 11.6 Å². The molecule has 1 heterocycles. The van der Waals surface area contributed by atoms with Crippen LogP contribution in [-0.2, 0) is 4.79 Å². The minimum Gasteiger partial charge on any atom is -0.494 e. The smallest absolute Gasteiger partial charge is 0.248 e. The van der Waals surface area contributed by atoms with Crippen LogP contribution < -0.4 is 4.74 Å². The number of nitrogens with zero attached hydrogens (tertiary/aromatic N) is 2. The van der Waals surface area contributed by atoms with Crippen LogP contribution in [0.1, 0.15) is 32.1 Å². The Labute approximate surface area is 119 Å². The molecule has 0 unspecified atom stereocenters. The molecule has 1 aliphatic heterocycles. The largest absolute Gasteiger partial charge is 0.494 e. The van der Waals surface area contributed by atoms with Crippen LogP contribution in [0.4, 0.5) is 0 Å². The third-order valence-electron chi connectivity index (χ3n) is 3.97. The highest BCUT2D eigenvalue weighted by Gasteiger charge is 2.31. The van der Waals surface area contributed by atoms with Gasteiger partial charge in [0, 0.05) is 13.0 Å². The van der Waals surface area contributed by atoms with Gasteiger partial charge in [-0.1, -0.05) is 24.6 Å². The number of ether oxygens (including phenoxy) is 1. The molecular formula is C16H20N2O2. The molecule has 0 N–H and O–H groups in total. The van der Waals surface area contributed by atoms with Crippen molar-refractivity contribution in [3.05, 3.63) is 30.3 Å². The van der Waals surface area contributed by atoms with E-state index in [4.69, 9.17) is 4.74 Å². The average Bonchev–Trinajstić information content (AvgIpc) is 2.75. The van der Waals surface area contributed by atoms with Gasteiger partial charge in [-0.3, -0.25) is 4.79 Å². The summed E-state index contributed by atoms with van der Waals surface area (Å²) in [6.45, 7) is 1.27. The summed E-state index contributed by atoms with van der Waals surface area (Å²) >= 11 is 0. The van der Waals surface area contributed by atoms with Gasteiger partial charge in [0.05, 0.1) is 18.7 Å². The third-order valence-corrected chi connectivity index (χ3v) is 3.97. The van der Waals surface area contributed by atoms with E-state index < -0.39 is 0 Å². The van der Waals surface area contributed by atoms with Crippen molar-refractivity contribution in [3.8, 4) is 5.75 Å². The number of hydrogen-bond donors (Lipinski definition) is 0. The van der Waals surface area contributed by atoms with Gasteiger partial charge in [-0.05, 0) is 30.9 Å². The highest BCUT2D eigenvalue weighted by atomic mass is 16.5. The fourth-order valence-electron chi connectivity index (χ4n) is 2.56. The topological polar surface area (TPSA) is 41.9 Å². The number of para-hydroxylation sites is 1. The molecule has 2 aliphatic rings. The average molecular weight is 272 g/mol. The molecule has 0 radical (unpaired) electrons. The number of carbonyl (C=O) groups is 1. The maximum Gasteiger partial charge on any atom is 0.248 e. The van der Waals surface area contributed by atoms with Gasteiger partial charge in [-0.25, -0.2) is 5.01 Å². The Morgan fingerprint density at radius 2 is 2.05 bits per heavy atom. The number of benzene rings is 1. The van der Waals surface area contributed by atoms with Crippen LogP contribution >= 0.6 is 0 Å². The summed E-state index contributed by atoms with van der Waals surface area (Å²) in [6.07, 6.45) is 5.03. The van der Waals surface area contributed by atoms with E-state index in [0.717, 1.165) is 17.9 Å². The second-order valence-corrected chi connectivity index (χ2v) is 5.43. The Morgan fingerprint density at radius 1 is 1.25 bits per heavy atom. The molecule has 4 nitrogen and oxygen atoms in total. The first-order valence-electron chi connectivity index (χ1n) is 7.38. The Balaban J connectivity index is 1.42. The summed E-state index contributed by atoms with van der Waals surface area (Å²) in [5.41, 5.74) is 1.10. The van der Waals surface area contributed by atoms with Gasteiger partial charge in [0.2, 0.25) is 5.91 Å². The van der Waals surface area contributed by atoms with Crippen LogP contribution in [0.25, 0.3) is 0 Å². The van der Waals surface area contributed by atoms with Crippen molar-refractivity contribution in [1.29, 1.82) is 0 Å². The molecule has 1 amide bonds. The number of hydrogen-bond acceptors (Lipinski definition) is 3. The normalized spacial score (nSPS) is 18.9. The van der Waals surface area contributed by atoms with E-state index >= 15 is 0 Å². The van der Waals surface area contributed by atoms with E-state index in [1.54, 1.807) is 5.01 Å². The van der Waals surface area contributed by atoms with Crippen LogP contribution in [0.15, 0.2) is 35.4 Å². The minimum absolute atomic E-state index is 0.145. The third kappa shape index (κ3) is 3.00. The lowest BCUT2D eigenvalue weighted by molar-refractivity contribution is -0.128. The summed E-state index contributed by atoms with van der Waals surface area (Å²) in [5.74, 6) is 1.59. The molecule has 0 aromatic heterocycles. The predicted octanol–water partition coefficient (Wildman–Crippen LogP) is 2.84. The molecule has 20 heavy (non-hydrogen) atoms. The quantitative estimate of drug-likeness (QED) is 0.747. The van der Waals surface area contributed by atoms with E-state index in [1.807, 2.05) is 30.3 Å². The van der Waals surface area contributed by atoms with Crippen molar-refractivity contribution in [2.75, 3.05) is 13.2 Å². The molecule has 3 rings (SSSR count). The van der Waals surface area contributed by atoms with Crippen LogP contribution in [0, 0.1) is 5.92 Å². The van der Waals surface area contributed by atoms with Crippen molar-refractivity contribution in [3.63, 3.8) is 0 Å². The first kappa shape index (κ1) is 13.2. The van der Waals surface area contributed by atoms with E-state index in [2.05, 4.69) is 5.10 Å². The summed E-state index contributed by atoms with van der Waals surface area (Å²) in [7, 11) is 0. The zero-order valence-electron chi connectivity index (χ0n) is 11.6. The zero-order chi connectivity index (χ0) is 13.8. The number of rotatable bonds is 6. The number of amides is 1. The predicted molar refractivity (Wildman–Crippen MR) is 77.7 cm³/mol. The number of carbonyl (C=O) groups excluding carboxylic acids is 1. The van der Waals surface area contributed by atoms with Gasteiger partial charge in [0.25, 0.3) is 0 Å². The molecule has 1 aromatic rings. The van der Waals surface area contributed by atoms with E-state index in [9.17, 15) is 4.79 Å². The highest BCUT2D eigenvalue weighted by molar-refractivity contribution is 6.06. The van der Waals surface area contributed by atoms with E-state index in [1.165, 1.54) is 19.3 Å². The fraction of sp³-hybridized carbons (Fsp3) is 0.500. The lowest BCUT2D eigenvalue weighted by Gasteiger charge is -2.24. The second-order valence-electron chi connectivity index (χ2n) is 5.43. The Kier molecular flexibility index (Phi) is 4.00. The van der Waals surface area contributed by atoms with Crippen LogP contribution in [0.2, 0.25) is 0 Å². The van der Waals surface area contributed by atoms with Crippen molar-refractivity contribution in [1.82, 2.24) is 5.01 Å². The highest BCUT2D eigenvalue weighted by Crippen LogP contribution is 2.31. The van der Waals surface area contributed by atoms with Gasteiger partial charge in [0.15, 0.2) is 0 Å². The first-order valence-corrected chi connectivity index (χ1v) is 7.38. The monoisotopic (exact) mass is 272 g/mol. The standard InChI is InChI=1S/C16H20N2O2/c19-16-12-15(13-6-4-7-13)17-18(16)10-5-11-20-14-8-2-1-3-9-14/h1-3,8-9,13H,4-7,10-12H2. The van der Waals surface area contributed by atoms with Gasteiger partial charge in [0.1, 0.15) is 5.75 Å². The van der Waals surface area contributed by atoms with Crippen LogP contribution in [0.5, 0.6) is 5.75 Å². The molecule has 106 valence electrons. The molecule has 0 bridgehead atoms. The number of hydrazone groups is 1. The van der Waals surface area contributed by atoms with Crippen molar-refractivity contribution in [2.45, 2.75) is 32.1 Å². The lowest BCUT2D eigenvalue weighted by atomic mass is 9.81. The first-order chi connectivity index (χ1) is 9.83. The molecule has 4 heteroatoms. The van der Waals surface area contributed by atoms with Gasteiger partial charge >= 0.3 is 0 Å². The molecule has 0 atom stereocenters. The molecule has 1 aliphatic carbocycles. The van der Waals surface area contributed by atoms with Crippen LogP contribution in [0.3, 0.4) is 0 Å². The van der Waals surface area contributed by atoms with Crippen LogP contribution in [-0.4, -0.2) is 29.8 Å². The molecular weight excluding hydrogens is 252 g/mol. The van der Waals surface area contributed by atoms with Gasteiger partial charge < -0.3 is 4.74 Å². The molecule has 1 fully saturated rings. The maximum absolute atomic E-state index is 11.9. The second kappa shape index (κ2) is 6.07. The van der Waals surface area contributed by atoms with Gasteiger partial charge in [-0.2, -0.15) is 5.10 Å². The summed E-state index contributed by atoms with van der Waals surface area (Å²) in [6, 6.07) is 9.75. The summed E-state index contributed by atoms with van der Waals surface area (Å²) < 4.78 is 5.62. The molecule has 1 saturated carbocycles. The summed E-state index contributed by atoms with van der Waals surface area (Å²) in [5, 5.41) is 6.11. The SMILES string of the molecule is O=C1CC(C2CCC2)=NN1CCCOc1ccccc1.